The summed E-state index contributed by atoms with van der Waals surface area (Å²) >= 11 is 0. The number of nitrogens with zero attached hydrogens (tertiary/aromatic N) is 2. The highest BCUT2D eigenvalue weighted by molar-refractivity contribution is 7.87. The molecule has 0 radical (unpaired) electrons. The molecule has 0 saturated carbocycles. The van der Waals surface area contributed by atoms with Gasteiger partial charge in [0.05, 0.1) is 0 Å². The molecule has 0 aromatic heterocycles. The van der Waals surface area contributed by atoms with Crippen LogP contribution in [0.15, 0.2) is 24.3 Å². The quantitative estimate of drug-likeness (QED) is 0.303. The first kappa shape index (κ1) is 29.1. The molecule has 6 amide bonds. The van der Waals surface area contributed by atoms with Gasteiger partial charge < -0.3 is 10.6 Å². The Morgan fingerprint density at radius 2 is 1.00 bits per heavy atom. The number of carbonyl (C=O) groups excluding carboxylic acids is 6. The molecule has 198 valence electrons. The van der Waals surface area contributed by atoms with Crippen molar-refractivity contribution in [1.82, 2.24) is 20.4 Å². The Hall–Kier alpha value is -3.15. The smallest absolute Gasteiger partial charge is 0.253 e. The molecule has 12 heteroatoms. The third-order valence-electron chi connectivity index (χ3n) is 6.03. The van der Waals surface area contributed by atoms with Crippen LogP contribution in [0, 0.1) is 0 Å². The molecule has 0 saturated heterocycles. The molecule has 0 spiro atoms. The summed E-state index contributed by atoms with van der Waals surface area (Å²) < 4.78 is 11.9. The molecule has 36 heavy (non-hydrogen) atoms. The number of rotatable bonds is 14. The van der Waals surface area contributed by atoms with Crippen molar-refractivity contribution < 1.29 is 33.0 Å². The minimum Gasteiger partial charge on any atom is -0.354 e. The molecule has 0 aromatic rings. The predicted octanol–water partition coefficient (Wildman–Crippen LogP) is -0.0649. The molecule has 2 aliphatic rings. The molecule has 2 aliphatic heterocycles. The van der Waals surface area contributed by atoms with E-state index < -0.39 is 43.9 Å². The average molecular weight is 523 g/mol. The maximum absolute atomic E-state index is 13.3. The first-order valence-electron chi connectivity index (χ1n) is 11.8. The minimum absolute atomic E-state index is 0.0857. The highest BCUT2D eigenvalue weighted by Gasteiger charge is 2.38. The van der Waals surface area contributed by atoms with Crippen LogP contribution in [0.1, 0.15) is 53.4 Å². The largest absolute Gasteiger partial charge is 0.354 e. The van der Waals surface area contributed by atoms with Gasteiger partial charge in [0.15, 0.2) is 0 Å². The number of nitrogens with one attached hydrogen (secondary N) is 2. The van der Waals surface area contributed by atoms with E-state index in [2.05, 4.69) is 10.6 Å². The topological polar surface area (TPSA) is 150 Å². The number of carbonyl (C=O) groups is 6. The summed E-state index contributed by atoms with van der Waals surface area (Å²) in [7, 11) is -1.38. The highest BCUT2D eigenvalue weighted by Crippen LogP contribution is 2.32. The van der Waals surface area contributed by atoms with Crippen molar-refractivity contribution in [2.75, 3.05) is 26.2 Å². The van der Waals surface area contributed by atoms with Gasteiger partial charge in [0.25, 0.3) is 23.6 Å². The van der Waals surface area contributed by atoms with Crippen molar-refractivity contribution in [3.63, 3.8) is 0 Å². The van der Waals surface area contributed by atoms with E-state index in [4.69, 9.17) is 0 Å². The molecule has 2 N–H and O–H groups in total. The fraction of sp³-hybridized carbons (Fsp3) is 0.583. The van der Waals surface area contributed by atoms with Crippen LogP contribution in [0.25, 0.3) is 0 Å². The first-order chi connectivity index (χ1) is 16.7. The third kappa shape index (κ3) is 7.94. The van der Waals surface area contributed by atoms with Gasteiger partial charge in [0, 0.05) is 83.6 Å². The van der Waals surface area contributed by atoms with Crippen molar-refractivity contribution in [2.24, 2.45) is 0 Å². The van der Waals surface area contributed by atoms with Crippen LogP contribution in [-0.2, 0) is 39.6 Å². The fourth-order valence-electron chi connectivity index (χ4n) is 3.86. The van der Waals surface area contributed by atoms with Crippen molar-refractivity contribution in [2.45, 2.75) is 62.9 Å². The van der Waals surface area contributed by atoms with E-state index in [0.717, 1.165) is 9.80 Å². The van der Waals surface area contributed by atoms with Crippen LogP contribution < -0.4 is 10.6 Å². The lowest BCUT2D eigenvalue weighted by molar-refractivity contribution is -0.138. The molecule has 0 fully saturated rings. The van der Waals surface area contributed by atoms with E-state index in [0.29, 0.717) is 12.8 Å². The van der Waals surface area contributed by atoms with Gasteiger partial charge in [-0.05, 0) is 40.5 Å². The predicted molar refractivity (Wildman–Crippen MR) is 133 cm³/mol. The lowest BCUT2D eigenvalue weighted by atomic mass is 10.1. The van der Waals surface area contributed by atoms with E-state index in [1.165, 1.54) is 24.3 Å². The zero-order valence-electron chi connectivity index (χ0n) is 21.1. The molecule has 0 atom stereocenters. The van der Waals surface area contributed by atoms with E-state index in [1.54, 1.807) is 0 Å². The summed E-state index contributed by atoms with van der Waals surface area (Å²) in [5, 5.41) is 5.34. The maximum Gasteiger partial charge on any atom is 0.253 e. The Balaban J connectivity index is 1.71. The van der Waals surface area contributed by atoms with E-state index >= 15 is 0 Å². The molecule has 11 nitrogen and oxygen atoms in total. The van der Waals surface area contributed by atoms with Gasteiger partial charge in [-0.2, -0.15) is 0 Å². The Morgan fingerprint density at radius 3 is 1.31 bits per heavy atom. The van der Waals surface area contributed by atoms with Crippen molar-refractivity contribution in [3.8, 4) is 0 Å². The maximum atomic E-state index is 13.3. The monoisotopic (exact) mass is 522 g/mol. The summed E-state index contributed by atoms with van der Waals surface area (Å²) in [6, 6.07) is 0. The Bertz CT molecular complexity index is 902. The van der Waals surface area contributed by atoms with Gasteiger partial charge in [0.2, 0.25) is 11.8 Å². The number of imide groups is 2. The van der Waals surface area contributed by atoms with Crippen molar-refractivity contribution in [3.05, 3.63) is 24.3 Å². The normalized spacial score (nSPS) is 16.0. The Morgan fingerprint density at radius 1 is 0.694 bits per heavy atom. The number of hydrogen-bond acceptors (Lipinski definition) is 7. The van der Waals surface area contributed by atoms with Crippen LogP contribution in [0.2, 0.25) is 0 Å². The van der Waals surface area contributed by atoms with Crippen LogP contribution in [0.3, 0.4) is 0 Å². The van der Waals surface area contributed by atoms with Crippen molar-refractivity contribution >= 4 is 46.2 Å². The molecule has 0 aromatic carbocycles. The van der Waals surface area contributed by atoms with Crippen LogP contribution in [0.5, 0.6) is 0 Å². The summed E-state index contributed by atoms with van der Waals surface area (Å²) in [6.07, 6.45) is 5.67. The highest BCUT2D eigenvalue weighted by atomic mass is 32.2. The van der Waals surface area contributed by atoms with Gasteiger partial charge in [0.1, 0.15) is 0 Å². The zero-order chi connectivity index (χ0) is 27.1. The molecule has 2 heterocycles. The fourth-order valence-corrected chi connectivity index (χ4v) is 5.93. The molecule has 0 aliphatic carbocycles. The Kier molecular flexibility index (Phi) is 9.85. The average Bonchev–Trinajstić information content (AvgIpc) is 3.31. The SMILES string of the molecule is CC(C)(CCC(=O)NCCN1C(=O)C=CC1=O)S(=O)C(C)(C)CCC(=O)NCCN1C(=O)C=CC1=O. The lowest BCUT2D eigenvalue weighted by Crippen LogP contribution is -2.43. The zero-order valence-corrected chi connectivity index (χ0v) is 21.9. The van der Waals surface area contributed by atoms with E-state index in [9.17, 15) is 33.0 Å². The van der Waals surface area contributed by atoms with Crippen LogP contribution >= 0.6 is 0 Å². The third-order valence-corrected chi connectivity index (χ3v) is 8.44. The summed E-state index contributed by atoms with van der Waals surface area (Å²) in [5.74, 6) is -2.16. The van der Waals surface area contributed by atoms with Gasteiger partial charge in [-0.1, -0.05) is 0 Å². The summed E-state index contributed by atoms with van der Waals surface area (Å²) in [6.45, 7) is 7.68. The van der Waals surface area contributed by atoms with E-state index in [-0.39, 0.29) is 50.8 Å². The molecule has 2 rings (SSSR count). The van der Waals surface area contributed by atoms with Gasteiger partial charge in [-0.3, -0.25) is 42.8 Å². The van der Waals surface area contributed by atoms with Gasteiger partial charge in [-0.15, -0.1) is 0 Å². The standard InChI is InChI=1S/C24H34N4O7S/c1-23(2,11-9-17(29)25-13-15-27-19(31)5-6-20(27)32)36(35)24(3,4)12-10-18(30)26-14-16-28-21(33)7-8-22(28)34/h5-8H,9-16H2,1-4H3,(H,25,29)(H,26,30). The van der Waals surface area contributed by atoms with E-state index in [1.807, 2.05) is 27.7 Å². The number of amides is 6. The first-order valence-corrected chi connectivity index (χ1v) is 12.9. The second-order valence-electron chi connectivity index (χ2n) is 9.81. The lowest BCUT2D eigenvalue weighted by Gasteiger charge is -2.34. The second-order valence-corrected chi connectivity index (χ2v) is 12.6. The summed E-state index contributed by atoms with van der Waals surface area (Å²) in [4.78, 5) is 72.7. The van der Waals surface area contributed by atoms with Crippen molar-refractivity contribution in [1.29, 1.82) is 0 Å². The Labute approximate surface area is 213 Å². The molecule has 0 bridgehead atoms. The second kappa shape index (κ2) is 12.2. The molecule has 0 unspecified atom stereocenters. The van der Waals surface area contributed by atoms with Gasteiger partial charge >= 0.3 is 0 Å². The minimum atomic E-state index is -1.38. The number of hydrogen-bond donors (Lipinski definition) is 2. The van der Waals surface area contributed by atoms with Crippen LogP contribution in [-0.4, -0.2) is 85.1 Å². The summed E-state index contributed by atoms with van der Waals surface area (Å²) in [5.41, 5.74) is 0. The van der Waals surface area contributed by atoms with Crippen LogP contribution in [0.4, 0.5) is 0 Å². The molecular formula is C24H34N4O7S. The molecular weight excluding hydrogens is 488 g/mol. The van der Waals surface area contributed by atoms with Gasteiger partial charge in [-0.25, -0.2) is 0 Å².